The molecule has 1 N–H and O–H groups in total. The average molecular weight is 308 g/mol. The number of alkyl halides is 3. The van der Waals surface area contributed by atoms with E-state index < -0.39 is 18.3 Å². The third-order valence-corrected chi connectivity index (χ3v) is 2.87. The van der Waals surface area contributed by atoms with Crippen LogP contribution in [-0.4, -0.2) is 37.6 Å². The first-order valence-electron chi connectivity index (χ1n) is 6.28. The van der Waals surface area contributed by atoms with Crippen LogP contribution in [-0.2, 0) is 15.9 Å². The molecule has 0 spiro atoms. The van der Waals surface area contributed by atoms with Gasteiger partial charge in [0.25, 0.3) is 0 Å². The van der Waals surface area contributed by atoms with Crippen LogP contribution in [0, 0.1) is 0 Å². The van der Waals surface area contributed by atoms with Crippen molar-refractivity contribution in [3.05, 3.63) is 29.8 Å². The highest BCUT2D eigenvalue weighted by Crippen LogP contribution is 2.25. The highest BCUT2D eigenvalue weighted by atomic mass is 19.4. The van der Waals surface area contributed by atoms with E-state index in [1.54, 1.807) is 6.92 Å². The summed E-state index contributed by atoms with van der Waals surface area (Å²) in [5.41, 5.74) is -0.427. The molecule has 1 aromatic carbocycles. The van der Waals surface area contributed by atoms with Crippen molar-refractivity contribution in [2.24, 2.45) is 0 Å². The second kappa shape index (κ2) is 7.11. The zero-order valence-corrected chi connectivity index (χ0v) is 12.1. The summed E-state index contributed by atoms with van der Waals surface area (Å²) < 4.78 is 50.0. The predicted octanol–water partition coefficient (Wildman–Crippen LogP) is 2.89. The lowest BCUT2D eigenvalue weighted by atomic mass is 9.93. The quantitative estimate of drug-likeness (QED) is 0.787. The molecule has 1 unspecified atom stereocenters. The summed E-state index contributed by atoms with van der Waals surface area (Å²) in [4.78, 5) is 0. The topological polar surface area (TPSA) is 47.9 Å². The monoisotopic (exact) mass is 308 g/mol. The Morgan fingerprint density at radius 3 is 2.05 bits per heavy atom. The minimum atomic E-state index is -4.71. The minimum Gasteiger partial charge on any atom is -0.406 e. The number of benzene rings is 1. The van der Waals surface area contributed by atoms with Crippen LogP contribution in [0.2, 0.25) is 0 Å². The SMILES string of the molecule is COC(CC(C)(O)Cc1ccc(OC(F)(F)F)cc1)OC. The molecule has 1 rings (SSSR count). The fourth-order valence-corrected chi connectivity index (χ4v) is 1.94. The van der Waals surface area contributed by atoms with Crippen LogP contribution in [0.1, 0.15) is 18.9 Å². The van der Waals surface area contributed by atoms with Crippen molar-refractivity contribution in [2.45, 2.75) is 38.0 Å². The molecule has 1 aromatic rings. The summed E-state index contributed by atoms with van der Waals surface area (Å²) in [5.74, 6) is -0.294. The fourth-order valence-electron chi connectivity index (χ4n) is 1.94. The number of halogens is 3. The molecule has 1 atom stereocenters. The normalized spacial score (nSPS) is 15.0. The summed E-state index contributed by atoms with van der Waals surface area (Å²) in [6, 6.07) is 5.38. The van der Waals surface area contributed by atoms with E-state index in [-0.39, 0.29) is 18.6 Å². The van der Waals surface area contributed by atoms with Crippen molar-refractivity contribution in [3.8, 4) is 5.75 Å². The van der Waals surface area contributed by atoms with Crippen molar-refractivity contribution in [1.82, 2.24) is 0 Å². The molecule has 0 heterocycles. The maximum absolute atomic E-state index is 12.0. The van der Waals surface area contributed by atoms with E-state index >= 15 is 0 Å². The number of ether oxygens (including phenoxy) is 3. The molecule has 0 aliphatic rings. The highest BCUT2D eigenvalue weighted by Gasteiger charge is 2.31. The molecule has 0 aliphatic heterocycles. The standard InChI is InChI=1S/C14H19F3O4/c1-13(18,9-12(19-2)20-3)8-10-4-6-11(7-5-10)21-14(15,16)17/h4-7,12,18H,8-9H2,1-3H3. The second-order valence-electron chi connectivity index (χ2n) is 4.97. The number of hydrogen-bond acceptors (Lipinski definition) is 4. The van der Waals surface area contributed by atoms with Crippen LogP contribution in [0.25, 0.3) is 0 Å². The van der Waals surface area contributed by atoms with Gasteiger partial charge >= 0.3 is 6.36 Å². The summed E-state index contributed by atoms with van der Waals surface area (Å²) >= 11 is 0. The van der Waals surface area contributed by atoms with Gasteiger partial charge in [-0.15, -0.1) is 13.2 Å². The van der Waals surface area contributed by atoms with Gasteiger partial charge < -0.3 is 19.3 Å². The third-order valence-electron chi connectivity index (χ3n) is 2.87. The molecule has 7 heteroatoms. The Morgan fingerprint density at radius 1 is 1.10 bits per heavy atom. The molecule has 21 heavy (non-hydrogen) atoms. The van der Waals surface area contributed by atoms with Gasteiger partial charge in [-0.1, -0.05) is 12.1 Å². The first kappa shape index (κ1) is 17.7. The van der Waals surface area contributed by atoms with Gasteiger partial charge in [-0.25, -0.2) is 0 Å². The molecule has 0 aliphatic carbocycles. The molecule has 0 fully saturated rings. The van der Waals surface area contributed by atoms with Crippen LogP contribution in [0.4, 0.5) is 13.2 Å². The second-order valence-corrected chi connectivity index (χ2v) is 4.97. The molecule has 0 radical (unpaired) electrons. The Morgan fingerprint density at radius 2 is 1.62 bits per heavy atom. The van der Waals surface area contributed by atoms with Crippen molar-refractivity contribution in [3.63, 3.8) is 0 Å². The zero-order chi connectivity index (χ0) is 16.1. The van der Waals surface area contributed by atoms with Crippen molar-refractivity contribution >= 4 is 0 Å². The van der Waals surface area contributed by atoms with Crippen molar-refractivity contribution in [1.29, 1.82) is 0 Å². The predicted molar refractivity (Wildman–Crippen MR) is 69.9 cm³/mol. The summed E-state index contributed by atoms with van der Waals surface area (Å²) in [6.45, 7) is 1.61. The molecule has 0 saturated carbocycles. The Hall–Kier alpha value is -1.31. The average Bonchev–Trinajstić information content (AvgIpc) is 2.36. The number of aliphatic hydroxyl groups is 1. The Bertz CT molecular complexity index is 425. The summed E-state index contributed by atoms with van der Waals surface area (Å²) in [5, 5.41) is 10.3. The molecule has 0 aromatic heterocycles. The lowest BCUT2D eigenvalue weighted by Gasteiger charge is -2.27. The van der Waals surface area contributed by atoms with Crippen LogP contribution < -0.4 is 4.74 Å². The maximum Gasteiger partial charge on any atom is 0.573 e. The van der Waals surface area contributed by atoms with Crippen molar-refractivity contribution < 1.29 is 32.5 Å². The number of methoxy groups -OCH3 is 2. The van der Waals surface area contributed by atoms with Gasteiger partial charge in [0.2, 0.25) is 0 Å². The fraction of sp³-hybridized carbons (Fsp3) is 0.571. The first-order chi connectivity index (χ1) is 9.65. The smallest absolute Gasteiger partial charge is 0.406 e. The largest absolute Gasteiger partial charge is 0.573 e. The van der Waals surface area contributed by atoms with Gasteiger partial charge in [0.15, 0.2) is 6.29 Å². The molecule has 0 amide bonds. The zero-order valence-electron chi connectivity index (χ0n) is 12.1. The lowest BCUT2D eigenvalue weighted by molar-refractivity contribution is -0.274. The van der Waals surface area contributed by atoms with Gasteiger partial charge in [0.1, 0.15) is 5.75 Å². The van der Waals surface area contributed by atoms with Gasteiger partial charge in [-0.2, -0.15) is 0 Å². The first-order valence-corrected chi connectivity index (χ1v) is 6.28. The van der Waals surface area contributed by atoms with Crippen LogP contribution in [0.15, 0.2) is 24.3 Å². The number of hydrogen-bond donors (Lipinski definition) is 1. The van der Waals surface area contributed by atoms with Crippen LogP contribution in [0.3, 0.4) is 0 Å². The third kappa shape index (κ3) is 6.79. The molecule has 0 saturated heterocycles. The van der Waals surface area contributed by atoms with E-state index in [2.05, 4.69) is 4.74 Å². The molecule has 120 valence electrons. The van der Waals surface area contributed by atoms with Crippen LogP contribution >= 0.6 is 0 Å². The van der Waals surface area contributed by atoms with Crippen molar-refractivity contribution in [2.75, 3.05) is 14.2 Å². The molecular weight excluding hydrogens is 289 g/mol. The molecule has 0 bridgehead atoms. The van der Waals surface area contributed by atoms with Gasteiger partial charge in [-0.05, 0) is 24.6 Å². The summed E-state index contributed by atoms with van der Waals surface area (Å²) in [6.07, 6.45) is -4.77. The minimum absolute atomic E-state index is 0.237. The van der Waals surface area contributed by atoms with E-state index in [0.29, 0.717) is 5.56 Å². The molecule has 4 nitrogen and oxygen atoms in total. The lowest BCUT2D eigenvalue weighted by Crippen LogP contribution is -2.34. The Kier molecular flexibility index (Phi) is 6.00. The Labute approximate surface area is 121 Å². The number of rotatable bonds is 7. The highest BCUT2D eigenvalue weighted by molar-refractivity contribution is 5.28. The van der Waals surface area contributed by atoms with Gasteiger partial charge in [0.05, 0.1) is 5.60 Å². The van der Waals surface area contributed by atoms with E-state index in [9.17, 15) is 18.3 Å². The van der Waals surface area contributed by atoms with E-state index in [0.717, 1.165) is 0 Å². The summed E-state index contributed by atoms with van der Waals surface area (Å²) in [7, 11) is 2.93. The van der Waals surface area contributed by atoms with Gasteiger partial charge in [0, 0.05) is 27.1 Å². The van der Waals surface area contributed by atoms with E-state index in [4.69, 9.17) is 9.47 Å². The van der Waals surface area contributed by atoms with Gasteiger partial charge in [-0.3, -0.25) is 0 Å². The van der Waals surface area contributed by atoms with Crippen LogP contribution in [0.5, 0.6) is 5.75 Å². The Balaban J connectivity index is 2.66. The van der Waals surface area contributed by atoms with E-state index in [1.165, 1.54) is 38.5 Å². The van der Waals surface area contributed by atoms with E-state index in [1.807, 2.05) is 0 Å². The maximum atomic E-state index is 12.0. The molecular formula is C14H19F3O4.